The van der Waals surface area contributed by atoms with Gasteiger partial charge in [0, 0.05) is 168 Å². The van der Waals surface area contributed by atoms with E-state index in [2.05, 4.69) is 350 Å². The van der Waals surface area contributed by atoms with Crippen molar-refractivity contribution >= 4 is 142 Å². The van der Waals surface area contributed by atoms with Crippen molar-refractivity contribution in [2.24, 2.45) is 0 Å². The predicted octanol–water partition coefficient (Wildman–Crippen LogP) is 24.0. The number of hydrogen-bond donors (Lipinski definition) is 0. The molecule has 144 heavy (non-hydrogen) atoms. The molecule has 12 aromatic carbocycles. The molecule has 752 valence electrons. The lowest BCUT2D eigenvalue weighted by Crippen LogP contribution is -2.66. The lowest BCUT2D eigenvalue weighted by atomic mass is 9.74. The van der Waals surface area contributed by atoms with Gasteiger partial charge < -0.3 is 55.6 Å². The minimum Gasteiger partial charge on any atom is -0.457 e. The third-order valence-corrected chi connectivity index (χ3v) is 52.9. The van der Waals surface area contributed by atoms with Crippen LogP contribution < -0.4 is 79.4 Å². The second-order valence-electron chi connectivity index (χ2n) is 42.3. The maximum atomic E-state index is 14.3. The van der Waals surface area contributed by atoms with Gasteiger partial charge in [-0.3, -0.25) is 19.2 Å². The van der Waals surface area contributed by atoms with Crippen LogP contribution in [0, 0.1) is 0 Å². The highest BCUT2D eigenvalue weighted by Crippen LogP contribution is 2.61. The Morgan fingerprint density at radius 3 is 0.507 bits per heavy atom. The van der Waals surface area contributed by atoms with Crippen molar-refractivity contribution < 1.29 is 74.8 Å². The van der Waals surface area contributed by atoms with Gasteiger partial charge in [0.2, 0.25) is 27.2 Å². The van der Waals surface area contributed by atoms with E-state index in [4.69, 9.17) is 55.6 Å². The van der Waals surface area contributed by atoms with Crippen LogP contribution in [0.25, 0.3) is 0 Å². The first kappa shape index (κ1) is 105. The largest absolute Gasteiger partial charge is 0.457 e. The number of thioether (sulfide) groups is 4. The van der Waals surface area contributed by atoms with Crippen molar-refractivity contribution in [2.45, 2.75) is 229 Å². The first-order valence-corrected chi connectivity index (χ1v) is 62.2. The van der Waals surface area contributed by atoms with Gasteiger partial charge in [-0.2, -0.15) is 0 Å². The van der Waals surface area contributed by atoms with Crippen molar-refractivity contribution in [3.63, 3.8) is 0 Å². The molecule has 12 aromatic rings. The lowest BCUT2D eigenvalue weighted by molar-refractivity contribution is -0.109. The van der Waals surface area contributed by atoms with Crippen LogP contribution in [0.3, 0.4) is 0 Å². The SMILES string of the molecule is CC(=O)SCc1c2c3cc4c1OCOc1c(cc5c(c1CSC(C)=O)OCOc1c(cc6c(c1CSC(C)=O)OCOc1c(cc(c(c1CSC(C)=O)OCO2)C3CCCO[Si](c1ccccc1)(c1ccccc1)C(C)(C)C)C6CCCO[Si](c1ccccc1)(c1ccccc1)C(C)(C)C)C5CCCO[Si](c1ccccc1)(c1ccccc1)C(C)(C)C)C4CCCO[Si](c1ccccc1)(c1ccccc1)C(C)(C)C. The Morgan fingerprint density at radius 1 is 0.243 bits per heavy atom. The molecule has 4 aliphatic heterocycles. The fraction of sp³-hybridized carbons (Fsp3) is 0.367. The molecule has 8 bridgehead atoms. The highest BCUT2D eigenvalue weighted by molar-refractivity contribution is 8.13. The second-order valence-corrected chi connectivity index (χ2v) is 64.2. The van der Waals surface area contributed by atoms with Crippen molar-refractivity contribution in [3.8, 4) is 46.0 Å². The zero-order valence-electron chi connectivity index (χ0n) is 86.0. The molecular weight excluding hydrogens is 1940 g/mol. The normalized spacial score (nSPS) is 16.1. The monoisotopic (exact) mass is 2070 g/mol. The Labute approximate surface area is 872 Å². The number of carbonyl (C=O) groups is 4. The van der Waals surface area contributed by atoms with Crippen molar-refractivity contribution in [1.82, 2.24) is 0 Å². The minimum atomic E-state index is -3.21. The quantitative estimate of drug-likeness (QED) is 0.0267. The molecule has 0 atom stereocenters. The highest BCUT2D eigenvalue weighted by atomic mass is 32.2. The van der Waals surface area contributed by atoms with Gasteiger partial charge in [0.15, 0.2) is 20.5 Å². The van der Waals surface area contributed by atoms with Crippen LogP contribution in [0.15, 0.2) is 267 Å². The number of rotatable bonds is 36. The zero-order chi connectivity index (χ0) is 101. The molecule has 0 N–H and O–H groups in total. The summed E-state index contributed by atoms with van der Waals surface area (Å²) in [6.45, 7) is 34.3. The number of hydrogen-bond acceptors (Lipinski definition) is 20. The zero-order valence-corrected chi connectivity index (χ0v) is 93.3. The number of benzene rings is 12. The Hall–Kier alpha value is -10.2. The molecule has 1 aliphatic carbocycles. The van der Waals surface area contributed by atoms with E-state index in [9.17, 15) is 19.2 Å². The van der Waals surface area contributed by atoms with Gasteiger partial charge in [0.05, 0.1) is 0 Å². The maximum Gasteiger partial charge on any atom is 0.261 e. The summed E-state index contributed by atoms with van der Waals surface area (Å²) in [5, 5.41) is 7.36. The van der Waals surface area contributed by atoms with Crippen molar-refractivity contribution in [3.05, 3.63) is 334 Å². The molecule has 24 heteroatoms. The average molecular weight is 2080 g/mol. The second kappa shape index (κ2) is 45.3. The molecule has 0 amide bonds. The Balaban J connectivity index is 0.976. The fourth-order valence-corrected chi connectivity index (χ4v) is 44.1. The van der Waals surface area contributed by atoms with Gasteiger partial charge >= 0.3 is 0 Å². The summed E-state index contributed by atoms with van der Waals surface area (Å²) in [7, 11) is -12.8. The molecule has 0 saturated carbocycles. The van der Waals surface area contributed by atoms with E-state index < -0.39 is 56.9 Å². The third-order valence-electron chi connectivity index (χ3n) is 29.3. The van der Waals surface area contributed by atoms with E-state index in [0.717, 1.165) is 86.0 Å². The van der Waals surface area contributed by atoms with Gasteiger partial charge in [-0.05, 0) is 137 Å². The van der Waals surface area contributed by atoms with Crippen LogP contribution in [0.4, 0.5) is 0 Å². The van der Waals surface area contributed by atoms with E-state index in [0.29, 0.717) is 146 Å². The first-order chi connectivity index (χ1) is 69.3. The van der Waals surface area contributed by atoms with E-state index in [1.165, 1.54) is 47.0 Å². The summed E-state index contributed by atoms with van der Waals surface area (Å²) in [5.41, 5.74) is 9.28. The molecule has 5 aliphatic rings. The van der Waals surface area contributed by atoms with Crippen LogP contribution in [-0.2, 0) is 59.9 Å². The van der Waals surface area contributed by atoms with Crippen LogP contribution in [0.2, 0.25) is 20.2 Å². The molecule has 17 rings (SSSR count). The summed E-state index contributed by atoms with van der Waals surface area (Å²) < 4.78 is 92.1. The van der Waals surface area contributed by atoms with Gasteiger partial charge in [-0.15, -0.1) is 0 Å². The highest BCUT2D eigenvalue weighted by Gasteiger charge is 2.55. The van der Waals surface area contributed by atoms with E-state index in [1.54, 1.807) is 27.7 Å². The molecular formula is C120H136O16S4Si4. The molecule has 0 spiro atoms. The molecule has 0 unspecified atom stereocenters. The average Bonchev–Trinajstić information content (AvgIpc) is 0.714. The summed E-state index contributed by atoms with van der Waals surface area (Å²) in [6, 6.07) is 95.7. The standard InChI is InChI=1S/C120H136O16S4Si4/c1-81(121)137-73-105-109-97-69-98-94(62-42-66-134-142(118(8,9)10,87-49-29-19-30-50-87)88-51-31-20-32-52-88)100-71-102-96(64-44-68-136-144(120(14,15)16,91-57-37-23-38-58-91)92-59-39-24-40-60-92)104-72-103-95(63-43-67-135-143(119(11,12)13,89-53-33-21-34-54-89)90-55-35-22-36-56-90)101-70-99(93(97)61-41-65-133-141(117(5,6)7,85-45-25-17-26-46-85)86-47-27-18-28-48-86)111(127-77-125-109)106(74-138-82(2)122)113(101)129-79-131-115(103)108(76-140-84(4)124)116(104)132-80-130-114(102)107(75-139-83(3)123)112(100)128-78-126-110(98)105/h17-40,45-60,69-72,93-96H,41-44,61-68,73-80H2,1-16H3. The molecule has 16 nitrogen and oxygen atoms in total. The summed E-state index contributed by atoms with van der Waals surface area (Å²) in [5.74, 6) is 2.07. The molecule has 4 heterocycles. The molecule has 0 aromatic heterocycles. The van der Waals surface area contributed by atoms with Gasteiger partial charge in [0.25, 0.3) is 33.3 Å². The van der Waals surface area contributed by atoms with Crippen LogP contribution in [0.1, 0.15) is 253 Å². The predicted molar refractivity (Wildman–Crippen MR) is 597 cm³/mol. The van der Waals surface area contributed by atoms with E-state index in [1.807, 2.05) is 0 Å². The van der Waals surface area contributed by atoms with E-state index >= 15 is 0 Å². The Kier molecular flexibility index (Phi) is 33.1. The third kappa shape index (κ3) is 21.3. The van der Waals surface area contributed by atoms with Gasteiger partial charge in [0.1, 0.15) is 46.0 Å². The first-order valence-electron chi connectivity index (χ1n) is 50.7. The topological polar surface area (TPSA) is 179 Å². The summed E-state index contributed by atoms with van der Waals surface area (Å²) >= 11 is 4.75. The molecule has 0 saturated heterocycles. The van der Waals surface area contributed by atoms with Crippen molar-refractivity contribution in [1.29, 1.82) is 0 Å². The van der Waals surface area contributed by atoms with Gasteiger partial charge in [-0.1, -0.05) is 373 Å². The Bertz CT molecular complexity index is 5460. The lowest BCUT2D eigenvalue weighted by Gasteiger charge is -2.43. The molecule has 0 fully saturated rings. The Morgan fingerprint density at radius 2 is 0.382 bits per heavy atom. The molecule has 0 radical (unpaired) electrons. The number of carbonyl (C=O) groups excluding carboxylic acids is 4. The van der Waals surface area contributed by atoms with Crippen LogP contribution in [-0.4, -0.2) is 107 Å². The van der Waals surface area contributed by atoms with Gasteiger partial charge in [-0.25, -0.2) is 0 Å². The van der Waals surface area contributed by atoms with Crippen molar-refractivity contribution in [2.75, 3.05) is 53.6 Å². The maximum absolute atomic E-state index is 14.3. The fourth-order valence-electron chi connectivity index (χ4n) is 23.3. The van der Waals surface area contributed by atoms with Crippen LogP contribution in [0.5, 0.6) is 46.0 Å². The van der Waals surface area contributed by atoms with E-state index in [-0.39, 0.29) is 90.8 Å². The minimum absolute atomic E-state index is 0.105. The number of ether oxygens (including phenoxy) is 8. The summed E-state index contributed by atoms with van der Waals surface area (Å²) in [6.07, 6.45) is 3.86. The smallest absolute Gasteiger partial charge is 0.261 e. The van der Waals surface area contributed by atoms with Crippen LogP contribution >= 0.6 is 47.0 Å². The summed E-state index contributed by atoms with van der Waals surface area (Å²) in [4.78, 5) is 57.2.